The minimum absolute atomic E-state index is 0.339. The molecule has 0 bridgehead atoms. The third-order valence-corrected chi connectivity index (χ3v) is 3.10. The molecule has 0 unspecified atom stereocenters. The fraction of sp³-hybridized carbons (Fsp3) is 0.200. The van der Waals surface area contributed by atoms with E-state index in [1.807, 2.05) is 30.3 Å². The van der Waals surface area contributed by atoms with Crippen molar-refractivity contribution < 1.29 is 9.47 Å². The fourth-order valence-corrected chi connectivity index (χ4v) is 1.94. The van der Waals surface area contributed by atoms with Crippen molar-refractivity contribution in [3.63, 3.8) is 0 Å². The quantitative estimate of drug-likeness (QED) is 0.853. The lowest BCUT2D eigenvalue weighted by Crippen LogP contribution is -1.94. The number of H-pyrrole nitrogens is 1. The van der Waals surface area contributed by atoms with Crippen LogP contribution in [-0.2, 0) is 11.2 Å². The number of ether oxygens (including phenoxy) is 2. The van der Waals surface area contributed by atoms with Crippen molar-refractivity contribution in [3.8, 4) is 17.6 Å². The van der Waals surface area contributed by atoms with E-state index in [2.05, 4.69) is 4.98 Å². The number of nitrogens with one attached hydrogen (secondary N) is 1. The summed E-state index contributed by atoms with van der Waals surface area (Å²) >= 11 is 5.05. The van der Waals surface area contributed by atoms with Crippen molar-refractivity contribution in [2.24, 2.45) is 0 Å². The lowest BCUT2D eigenvalue weighted by Gasteiger charge is -2.08. The van der Waals surface area contributed by atoms with Crippen LogP contribution in [0.5, 0.6) is 11.5 Å². The molecule has 0 fully saturated rings. The number of aromatic nitrogens is 1. The monoisotopic (exact) mass is 286 g/mol. The minimum Gasteiger partial charge on any atom is -0.456 e. The first-order chi connectivity index (χ1) is 9.74. The summed E-state index contributed by atoms with van der Waals surface area (Å²) < 4.78 is 11.1. The van der Waals surface area contributed by atoms with Gasteiger partial charge in [-0.25, -0.2) is 0 Å². The second-order valence-electron chi connectivity index (χ2n) is 4.15. The molecular formula is C15H14N2O2S. The van der Waals surface area contributed by atoms with E-state index < -0.39 is 0 Å². The predicted molar refractivity (Wildman–Crippen MR) is 78.4 cm³/mol. The van der Waals surface area contributed by atoms with Crippen molar-refractivity contribution in [1.29, 1.82) is 5.26 Å². The molecule has 0 saturated heterocycles. The molecule has 1 aromatic heterocycles. The largest absolute Gasteiger partial charge is 0.456 e. The summed E-state index contributed by atoms with van der Waals surface area (Å²) in [6, 6.07) is 11.4. The molecular weight excluding hydrogens is 272 g/mol. The number of hydrogen-bond donors (Lipinski definition) is 1. The van der Waals surface area contributed by atoms with Crippen LogP contribution in [-0.4, -0.2) is 18.7 Å². The van der Waals surface area contributed by atoms with E-state index >= 15 is 0 Å². The van der Waals surface area contributed by atoms with Gasteiger partial charge in [0.2, 0.25) is 0 Å². The summed E-state index contributed by atoms with van der Waals surface area (Å²) in [5.74, 6) is 1.13. The Kier molecular flexibility index (Phi) is 4.88. The predicted octanol–water partition coefficient (Wildman–Crippen LogP) is 3.60. The van der Waals surface area contributed by atoms with Crippen molar-refractivity contribution in [3.05, 3.63) is 52.3 Å². The van der Waals surface area contributed by atoms with Gasteiger partial charge in [0, 0.05) is 13.3 Å². The Balaban J connectivity index is 2.17. The topological polar surface area (TPSA) is 58.0 Å². The van der Waals surface area contributed by atoms with Crippen LogP contribution in [0.1, 0.15) is 11.1 Å². The van der Waals surface area contributed by atoms with Gasteiger partial charge in [0.15, 0.2) is 0 Å². The van der Waals surface area contributed by atoms with Crippen LogP contribution in [0, 0.1) is 16.0 Å². The Morgan fingerprint density at radius 1 is 1.25 bits per heavy atom. The Hall–Kier alpha value is -2.16. The zero-order valence-electron chi connectivity index (χ0n) is 11.1. The Bertz CT molecular complexity index is 672. The molecule has 102 valence electrons. The zero-order chi connectivity index (χ0) is 14.4. The van der Waals surface area contributed by atoms with Crippen molar-refractivity contribution in [2.45, 2.75) is 6.42 Å². The molecule has 0 saturated carbocycles. The summed E-state index contributed by atoms with van der Waals surface area (Å²) in [5.41, 5.74) is 1.51. The average molecular weight is 286 g/mol. The second-order valence-corrected chi connectivity index (χ2v) is 4.55. The molecule has 0 spiro atoms. The third-order valence-electron chi connectivity index (χ3n) is 2.78. The SMILES string of the molecule is COCCc1ccc(Oc2cc[nH]c(=S)c2C#N)cc1. The van der Waals surface area contributed by atoms with Crippen LogP contribution >= 0.6 is 12.2 Å². The first-order valence-corrected chi connectivity index (χ1v) is 6.53. The lowest BCUT2D eigenvalue weighted by molar-refractivity contribution is 0.202. The second kappa shape index (κ2) is 6.85. The molecule has 0 aliphatic carbocycles. The van der Waals surface area contributed by atoms with E-state index in [0.29, 0.717) is 28.3 Å². The van der Waals surface area contributed by atoms with Crippen LogP contribution in [0.15, 0.2) is 36.5 Å². The lowest BCUT2D eigenvalue weighted by atomic mass is 10.1. The minimum atomic E-state index is 0.339. The average Bonchev–Trinajstić information content (AvgIpc) is 2.47. The van der Waals surface area contributed by atoms with Gasteiger partial charge in [-0.3, -0.25) is 0 Å². The normalized spacial score (nSPS) is 10.0. The Morgan fingerprint density at radius 3 is 2.65 bits per heavy atom. The number of rotatable bonds is 5. The summed E-state index contributed by atoms with van der Waals surface area (Å²) in [5, 5.41) is 9.09. The zero-order valence-corrected chi connectivity index (χ0v) is 11.9. The van der Waals surface area contributed by atoms with Crippen LogP contribution in [0.2, 0.25) is 0 Å². The molecule has 2 aromatic rings. The summed E-state index contributed by atoms with van der Waals surface area (Å²) in [4.78, 5) is 2.81. The molecule has 1 aromatic carbocycles. The number of nitrogens with zero attached hydrogens (tertiary/aromatic N) is 1. The van der Waals surface area contributed by atoms with Gasteiger partial charge in [-0.05, 0) is 30.2 Å². The first-order valence-electron chi connectivity index (χ1n) is 6.12. The van der Waals surface area contributed by atoms with Crippen LogP contribution in [0.25, 0.3) is 0 Å². The molecule has 0 aliphatic heterocycles. The van der Waals surface area contributed by atoms with Crippen molar-refractivity contribution in [1.82, 2.24) is 4.98 Å². The number of aromatic amines is 1. The van der Waals surface area contributed by atoms with E-state index in [0.717, 1.165) is 6.42 Å². The standard InChI is InChI=1S/C15H14N2O2S/c1-18-9-7-11-2-4-12(5-3-11)19-14-6-8-17-15(20)13(14)10-16/h2-6,8H,7,9H2,1H3,(H,17,20). The molecule has 2 rings (SSSR count). The summed E-state index contributed by atoms with van der Waals surface area (Å²) in [6.45, 7) is 0.687. The number of pyridine rings is 1. The summed E-state index contributed by atoms with van der Waals surface area (Å²) in [6.07, 6.45) is 2.52. The highest BCUT2D eigenvalue weighted by molar-refractivity contribution is 7.71. The molecule has 0 atom stereocenters. The van der Waals surface area contributed by atoms with Crippen LogP contribution in [0.4, 0.5) is 0 Å². The smallest absolute Gasteiger partial charge is 0.149 e. The Labute approximate surface area is 122 Å². The molecule has 0 radical (unpaired) electrons. The van der Waals surface area contributed by atoms with Gasteiger partial charge >= 0.3 is 0 Å². The highest BCUT2D eigenvalue weighted by Gasteiger charge is 2.06. The van der Waals surface area contributed by atoms with Crippen LogP contribution < -0.4 is 4.74 Å². The number of hydrogen-bond acceptors (Lipinski definition) is 4. The van der Waals surface area contributed by atoms with Gasteiger partial charge in [0.05, 0.1) is 6.61 Å². The number of nitriles is 1. The van der Waals surface area contributed by atoms with E-state index in [-0.39, 0.29) is 0 Å². The molecule has 1 N–H and O–H groups in total. The molecule has 0 amide bonds. The molecule has 1 heterocycles. The third kappa shape index (κ3) is 3.44. The molecule has 5 heteroatoms. The van der Waals surface area contributed by atoms with Gasteiger partial charge in [-0.1, -0.05) is 24.4 Å². The van der Waals surface area contributed by atoms with Gasteiger partial charge in [0.25, 0.3) is 0 Å². The van der Waals surface area contributed by atoms with Gasteiger partial charge in [-0.15, -0.1) is 0 Å². The fourth-order valence-electron chi connectivity index (χ4n) is 1.72. The van der Waals surface area contributed by atoms with Gasteiger partial charge in [-0.2, -0.15) is 5.26 Å². The van der Waals surface area contributed by atoms with Crippen molar-refractivity contribution in [2.75, 3.05) is 13.7 Å². The summed E-state index contributed by atoms with van der Waals surface area (Å²) in [7, 11) is 1.68. The highest BCUT2D eigenvalue weighted by Crippen LogP contribution is 2.25. The highest BCUT2D eigenvalue weighted by atomic mass is 32.1. The van der Waals surface area contributed by atoms with E-state index in [9.17, 15) is 0 Å². The number of methoxy groups -OCH3 is 1. The maximum Gasteiger partial charge on any atom is 0.149 e. The number of benzene rings is 1. The van der Waals surface area contributed by atoms with Crippen molar-refractivity contribution >= 4 is 12.2 Å². The van der Waals surface area contributed by atoms with E-state index in [1.165, 1.54) is 5.56 Å². The van der Waals surface area contributed by atoms with Gasteiger partial charge < -0.3 is 14.5 Å². The van der Waals surface area contributed by atoms with Gasteiger partial charge in [0.1, 0.15) is 27.8 Å². The molecule has 4 nitrogen and oxygen atoms in total. The van der Waals surface area contributed by atoms with E-state index in [4.69, 9.17) is 27.0 Å². The van der Waals surface area contributed by atoms with Crippen LogP contribution in [0.3, 0.4) is 0 Å². The molecule has 0 aliphatic rings. The maximum atomic E-state index is 9.09. The Morgan fingerprint density at radius 2 is 2.00 bits per heavy atom. The maximum absolute atomic E-state index is 9.09. The first kappa shape index (κ1) is 14.3. The van der Waals surface area contributed by atoms with E-state index in [1.54, 1.807) is 19.4 Å². The molecule has 20 heavy (non-hydrogen) atoms.